The average molecular weight is 274 g/mol. The van der Waals surface area contributed by atoms with E-state index >= 15 is 0 Å². The monoisotopic (exact) mass is 274 g/mol. The van der Waals surface area contributed by atoms with Crippen molar-refractivity contribution in [3.8, 4) is 0 Å². The molecule has 2 rings (SSSR count). The topological polar surface area (TPSA) is 58.2 Å². The Kier molecular flexibility index (Phi) is 4.12. The van der Waals surface area contributed by atoms with E-state index in [1.807, 2.05) is 39.0 Å². The smallest absolute Gasteiger partial charge is 0.240 e. The number of hydrogen-bond donors (Lipinski definition) is 2. The number of aryl methyl sites for hydroxylation is 2. The SMILES string of the molecule is CCCNC(=O)C1(C(=O)Nc2ccc(C)cc2C)CC1. The van der Waals surface area contributed by atoms with E-state index in [0.29, 0.717) is 19.4 Å². The van der Waals surface area contributed by atoms with Crippen LogP contribution in [0, 0.1) is 19.3 Å². The van der Waals surface area contributed by atoms with Crippen molar-refractivity contribution in [3.05, 3.63) is 29.3 Å². The maximum Gasteiger partial charge on any atom is 0.240 e. The highest BCUT2D eigenvalue weighted by Gasteiger charge is 2.56. The summed E-state index contributed by atoms with van der Waals surface area (Å²) in [6.45, 7) is 6.59. The van der Waals surface area contributed by atoms with Crippen LogP contribution in [0.25, 0.3) is 0 Å². The summed E-state index contributed by atoms with van der Waals surface area (Å²) >= 11 is 0. The number of benzene rings is 1. The van der Waals surface area contributed by atoms with Gasteiger partial charge in [-0.15, -0.1) is 0 Å². The van der Waals surface area contributed by atoms with E-state index in [1.54, 1.807) is 0 Å². The molecule has 1 saturated carbocycles. The third-order valence-corrected chi connectivity index (χ3v) is 3.78. The van der Waals surface area contributed by atoms with Crippen LogP contribution in [0.5, 0.6) is 0 Å². The number of nitrogens with one attached hydrogen (secondary N) is 2. The molecule has 0 bridgehead atoms. The summed E-state index contributed by atoms with van der Waals surface area (Å²) in [5, 5.41) is 5.72. The van der Waals surface area contributed by atoms with Gasteiger partial charge in [-0.25, -0.2) is 0 Å². The molecule has 1 aromatic carbocycles. The van der Waals surface area contributed by atoms with Gasteiger partial charge >= 0.3 is 0 Å². The van der Waals surface area contributed by atoms with Crippen LogP contribution in [0.2, 0.25) is 0 Å². The fourth-order valence-corrected chi connectivity index (χ4v) is 2.29. The predicted molar refractivity (Wildman–Crippen MR) is 79.5 cm³/mol. The molecular weight excluding hydrogens is 252 g/mol. The van der Waals surface area contributed by atoms with Crippen molar-refractivity contribution in [1.82, 2.24) is 5.32 Å². The number of carbonyl (C=O) groups is 2. The van der Waals surface area contributed by atoms with Crippen LogP contribution >= 0.6 is 0 Å². The molecule has 1 aliphatic carbocycles. The van der Waals surface area contributed by atoms with E-state index < -0.39 is 5.41 Å². The molecule has 0 atom stereocenters. The Bertz CT molecular complexity index is 533. The molecule has 108 valence electrons. The van der Waals surface area contributed by atoms with Gasteiger partial charge in [0.1, 0.15) is 5.41 Å². The highest BCUT2D eigenvalue weighted by Crippen LogP contribution is 2.47. The van der Waals surface area contributed by atoms with Gasteiger partial charge < -0.3 is 10.6 Å². The molecular formula is C16H22N2O2. The minimum atomic E-state index is -0.841. The van der Waals surface area contributed by atoms with Gasteiger partial charge in [-0.3, -0.25) is 9.59 Å². The van der Waals surface area contributed by atoms with E-state index in [0.717, 1.165) is 23.2 Å². The van der Waals surface area contributed by atoms with Crippen molar-refractivity contribution in [2.45, 2.75) is 40.0 Å². The summed E-state index contributed by atoms with van der Waals surface area (Å²) in [5.41, 5.74) is 2.12. The zero-order valence-electron chi connectivity index (χ0n) is 12.4. The first kappa shape index (κ1) is 14.6. The summed E-state index contributed by atoms with van der Waals surface area (Å²) < 4.78 is 0. The van der Waals surface area contributed by atoms with Crippen LogP contribution in [-0.2, 0) is 9.59 Å². The molecule has 1 aromatic rings. The molecule has 0 aromatic heterocycles. The summed E-state index contributed by atoms with van der Waals surface area (Å²) in [6.07, 6.45) is 2.15. The van der Waals surface area contributed by atoms with E-state index in [2.05, 4.69) is 10.6 Å². The largest absolute Gasteiger partial charge is 0.355 e. The number of rotatable bonds is 5. The third-order valence-electron chi connectivity index (χ3n) is 3.78. The quantitative estimate of drug-likeness (QED) is 0.811. The van der Waals surface area contributed by atoms with Crippen molar-refractivity contribution < 1.29 is 9.59 Å². The van der Waals surface area contributed by atoms with E-state index in [-0.39, 0.29) is 11.8 Å². The Morgan fingerprint density at radius 1 is 1.20 bits per heavy atom. The predicted octanol–water partition coefficient (Wildman–Crippen LogP) is 2.55. The molecule has 0 aliphatic heterocycles. The van der Waals surface area contributed by atoms with Crippen molar-refractivity contribution in [2.24, 2.45) is 5.41 Å². The molecule has 20 heavy (non-hydrogen) atoms. The maximum atomic E-state index is 12.4. The molecule has 2 N–H and O–H groups in total. The van der Waals surface area contributed by atoms with Crippen LogP contribution in [0.3, 0.4) is 0 Å². The van der Waals surface area contributed by atoms with Gasteiger partial charge in [-0.2, -0.15) is 0 Å². The Hall–Kier alpha value is -1.84. The molecule has 0 radical (unpaired) electrons. The van der Waals surface area contributed by atoms with Crippen molar-refractivity contribution in [3.63, 3.8) is 0 Å². The Labute approximate surface area is 119 Å². The van der Waals surface area contributed by atoms with Gasteiger partial charge in [0, 0.05) is 12.2 Å². The zero-order chi connectivity index (χ0) is 14.8. The molecule has 0 spiro atoms. The minimum Gasteiger partial charge on any atom is -0.355 e. The first-order chi connectivity index (χ1) is 9.49. The first-order valence-corrected chi connectivity index (χ1v) is 7.16. The summed E-state index contributed by atoms with van der Waals surface area (Å²) in [7, 11) is 0. The van der Waals surface area contributed by atoms with Crippen LogP contribution in [0.15, 0.2) is 18.2 Å². The van der Waals surface area contributed by atoms with Gasteiger partial charge in [-0.1, -0.05) is 24.6 Å². The van der Waals surface area contributed by atoms with Crippen LogP contribution < -0.4 is 10.6 Å². The van der Waals surface area contributed by atoms with Crippen molar-refractivity contribution >= 4 is 17.5 Å². The fourth-order valence-electron chi connectivity index (χ4n) is 2.29. The lowest BCUT2D eigenvalue weighted by molar-refractivity contribution is -0.134. The highest BCUT2D eigenvalue weighted by molar-refractivity contribution is 6.13. The minimum absolute atomic E-state index is 0.137. The number of anilines is 1. The first-order valence-electron chi connectivity index (χ1n) is 7.16. The van der Waals surface area contributed by atoms with Crippen molar-refractivity contribution in [2.75, 3.05) is 11.9 Å². The summed E-state index contributed by atoms with van der Waals surface area (Å²) in [6, 6.07) is 5.87. The van der Waals surface area contributed by atoms with Crippen molar-refractivity contribution in [1.29, 1.82) is 0 Å². The molecule has 1 fully saturated rings. The third kappa shape index (κ3) is 2.84. The van der Waals surface area contributed by atoms with E-state index in [1.165, 1.54) is 0 Å². The molecule has 4 heteroatoms. The molecule has 0 heterocycles. The van der Waals surface area contributed by atoms with E-state index in [9.17, 15) is 9.59 Å². The Balaban J connectivity index is 2.06. The van der Waals surface area contributed by atoms with Crippen LogP contribution in [0.1, 0.15) is 37.3 Å². The van der Waals surface area contributed by atoms with Crippen LogP contribution in [-0.4, -0.2) is 18.4 Å². The van der Waals surface area contributed by atoms with Gasteiger partial charge in [0.15, 0.2) is 0 Å². The zero-order valence-corrected chi connectivity index (χ0v) is 12.4. The second-order valence-corrected chi connectivity index (χ2v) is 5.61. The van der Waals surface area contributed by atoms with Gasteiger partial charge in [0.05, 0.1) is 0 Å². The van der Waals surface area contributed by atoms with E-state index in [4.69, 9.17) is 0 Å². The summed E-state index contributed by atoms with van der Waals surface area (Å²) in [4.78, 5) is 24.5. The fraction of sp³-hybridized carbons (Fsp3) is 0.500. The lowest BCUT2D eigenvalue weighted by Crippen LogP contribution is -2.40. The second-order valence-electron chi connectivity index (χ2n) is 5.61. The number of hydrogen-bond acceptors (Lipinski definition) is 2. The van der Waals surface area contributed by atoms with Gasteiger partial charge in [0.25, 0.3) is 0 Å². The Morgan fingerprint density at radius 3 is 2.45 bits per heavy atom. The van der Waals surface area contributed by atoms with Gasteiger partial charge in [-0.05, 0) is 44.7 Å². The normalized spacial score (nSPS) is 15.6. The lowest BCUT2D eigenvalue weighted by atomic mass is 10.0. The standard InChI is InChI=1S/C16H22N2O2/c1-4-9-17-14(19)16(7-8-16)15(20)18-13-6-5-11(2)10-12(13)3/h5-6,10H,4,7-9H2,1-3H3,(H,17,19)(H,18,20). The lowest BCUT2D eigenvalue weighted by Gasteiger charge is -2.16. The Morgan fingerprint density at radius 2 is 1.90 bits per heavy atom. The molecule has 1 aliphatic rings. The van der Waals surface area contributed by atoms with Crippen LogP contribution in [0.4, 0.5) is 5.69 Å². The van der Waals surface area contributed by atoms with Gasteiger partial charge in [0.2, 0.25) is 11.8 Å². The highest BCUT2D eigenvalue weighted by atomic mass is 16.2. The second kappa shape index (κ2) is 5.65. The molecule has 0 unspecified atom stereocenters. The maximum absolute atomic E-state index is 12.4. The number of carbonyl (C=O) groups excluding carboxylic acids is 2. The molecule has 0 saturated heterocycles. The molecule has 4 nitrogen and oxygen atoms in total. The molecule has 2 amide bonds. The summed E-state index contributed by atoms with van der Waals surface area (Å²) in [5.74, 6) is -0.320. The number of amides is 2. The average Bonchev–Trinajstić information content (AvgIpc) is 3.20.